The monoisotopic (exact) mass is 227 g/mol. The Bertz CT molecular complexity index is 691. The van der Waals surface area contributed by atoms with Gasteiger partial charge in [-0.05, 0) is 0 Å². The lowest BCUT2D eigenvalue weighted by Crippen LogP contribution is -2.03. The van der Waals surface area contributed by atoms with Crippen LogP contribution in [0.1, 0.15) is 5.56 Å². The van der Waals surface area contributed by atoms with E-state index in [4.69, 9.17) is 9.68 Å². The van der Waals surface area contributed by atoms with Crippen LogP contribution in [0.4, 0.5) is 0 Å². The molecule has 3 heterocycles. The van der Waals surface area contributed by atoms with Crippen molar-refractivity contribution in [2.45, 2.75) is 9.79 Å². The number of fused-ring (bicyclic) bond motifs is 1. The van der Waals surface area contributed by atoms with Crippen molar-refractivity contribution in [3.63, 3.8) is 0 Å². The third-order valence-corrected chi connectivity index (χ3v) is 3.74. The molecular formula is C7HNO4S2. The summed E-state index contributed by atoms with van der Waals surface area (Å²) in [6.45, 7) is 0. The van der Waals surface area contributed by atoms with Gasteiger partial charge in [-0.2, -0.15) is 13.7 Å². The van der Waals surface area contributed by atoms with Gasteiger partial charge >= 0.3 is 10.1 Å². The number of nitrogens with zero attached hydrogens (tertiary/aromatic N) is 1. The Kier molecular flexibility index (Phi) is 1.13. The van der Waals surface area contributed by atoms with E-state index in [-0.39, 0.29) is 32.3 Å². The lowest BCUT2D eigenvalue weighted by molar-refractivity contribution is 0.495. The number of rotatable bonds is 0. The zero-order valence-electron chi connectivity index (χ0n) is 6.44. The van der Waals surface area contributed by atoms with Crippen molar-refractivity contribution >= 4 is 33.9 Å². The minimum Gasteiger partial charge on any atom is -0.449 e. The van der Waals surface area contributed by atoms with E-state index in [0.29, 0.717) is 0 Å². The summed E-state index contributed by atoms with van der Waals surface area (Å²) in [5, 5.41) is 8.76. The molecule has 14 heavy (non-hydrogen) atoms. The summed E-state index contributed by atoms with van der Waals surface area (Å²) in [5.74, 6) is 0.0948. The first-order chi connectivity index (χ1) is 6.56. The number of hydrogen-bond acceptors (Lipinski definition) is 6. The molecular weight excluding hydrogens is 226 g/mol. The van der Waals surface area contributed by atoms with Crippen molar-refractivity contribution in [3.05, 3.63) is 5.56 Å². The lowest BCUT2D eigenvalue weighted by atomic mass is 10.2. The highest BCUT2D eigenvalue weighted by molar-refractivity contribution is 7.88. The maximum Gasteiger partial charge on any atom is 0.344 e. The molecule has 2 aromatic heterocycles. The van der Waals surface area contributed by atoms with Crippen LogP contribution in [0.5, 0.6) is 5.75 Å². The quantitative estimate of drug-likeness (QED) is 0.538. The van der Waals surface area contributed by atoms with E-state index in [0.717, 1.165) is 0 Å². The van der Waals surface area contributed by atoms with Gasteiger partial charge < -0.3 is 8.60 Å². The van der Waals surface area contributed by atoms with Crippen LogP contribution < -0.4 is 4.18 Å². The van der Waals surface area contributed by atoms with Crippen LogP contribution >= 0.6 is 12.6 Å². The van der Waals surface area contributed by atoms with Crippen molar-refractivity contribution in [1.82, 2.24) is 0 Å². The van der Waals surface area contributed by atoms with Crippen molar-refractivity contribution in [2.24, 2.45) is 0 Å². The fraction of sp³-hybridized carbons (Fsp3) is 0. The zero-order valence-corrected chi connectivity index (χ0v) is 8.15. The Hall–Kier alpha value is -1.39. The Morgan fingerprint density at radius 3 is 2.71 bits per heavy atom. The van der Waals surface area contributed by atoms with E-state index in [2.05, 4.69) is 16.8 Å². The summed E-state index contributed by atoms with van der Waals surface area (Å²) >= 11 is 4.01. The summed E-state index contributed by atoms with van der Waals surface area (Å²) < 4.78 is 32.5. The van der Waals surface area contributed by atoms with Crippen LogP contribution in [-0.4, -0.2) is 8.42 Å². The van der Waals surface area contributed by atoms with Gasteiger partial charge in [0.05, 0.1) is 4.90 Å². The van der Waals surface area contributed by atoms with Gasteiger partial charge in [-0.1, -0.05) is 0 Å². The number of thiol groups is 1. The Labute approximate surface area is 83.7 Å². The third kappa shape index (κ3) is 0.625. The molecule has 1 aliphatic rings. The highest BCUT2D eigenvalue weighted by Gasteiger charge is 2.42. The topological polar surface area (TPSA) is 80.3 Å². The minimum absolute atomic E-state index is 0.0220. The molecule has 70 valence electrons. The standard InChI is InChI=1S/C7HNO4S2/c8-1-2-3-6(13)4-5(11-3)7(2)14(9,10)12-4/h13H. The molecule has 0 N–H and O–H groups in total. The number of furan rings is 2. The van der Waals surface area contributed by atoms with E-state index < -0.39 is 10.1 Å². The van der Waals surface area contributed by atoms with E-state index in [1.165, 1.54) is 0 Å². The van der Waals surface area contributed by atoms with Gasteiger partial charge in [0.25, 0.3) is 0 Å². The fourth-order valence-electron chi connectivity index (χ4n) is 1.51. The van der Waals surface area contributed by atoms with Crippen molar-refractivity contribution in [1.29, 1.82) is 5.26 Å². The summed E-state index contributed by atoms with van der Waals surface area (Å²) in [4.78, 5) is 0.101. The molecule has 7 heteroatoms. The smallest absolute Gasteiger partial charge is 0.344 e. The molecule has 5 nitrogen and oxygen atoms in total. The molecule has 0 amide bonds. The van der Waals surface area contributed by atoms with E-state index in [1.807, 2.05) is 0 Å². The van der Waals surface area contributed by atoms with Crippen molar-refractivity contribution in [3.8, 4) is 11.8 Å². The van der Waals surface area contributed by atoms with Gasteiger partial charge in [0, 0.05) is 0 Å². The highest BCUT2D eigenvalue weighted by atomic mass is 32.2. The molecule has 0 fully saturated rings. The fourth-order valence-corrected chi connectivity index (χ4v) is 3.09. The first-order valence-electron chi connectivity index (χ1n) is 3.51. The summed E-state index contributed by atoms with van der Waals surface area (Å²) in [6.07, 6.45) is 0. The normalized spacial score (nSPS) is 17.1. The van der Waals surface area contributed by atoms with Gasteiger partial charge in [0.2, 0.25) is 5.75 Å². The van der Waals surface area contributed by atoms with Gasteiger partial charge in [-0.25, -0.2) is 0 Å². The van der Waals surface area contributed by atoms with Gasteiger partial charge in [-0.3, -0.25) is 0 Å². The Balaban J connectivity index is 2.65. The Morgan fingerprint density at radius 1 is 1.36 bits per heavy atom. The number of benzene rings is 1. The van der Waals surface area contributed by atoms with Crippen LogP contribution in [0.25, 0.3) is 11.2 Å². The average molecular weight is 227 g/mol. The van der Waals surface area contributed by atoms with Crippen LogP contribution in [0.15, 0.2) is 14.2 Å². The van der Waals surface area contributed by atoms with Crippen LogP contribution in [0.3, 0.4) is 0 Å². The second-order valence-corrected chi connectivity index (χ2v) is 4.72. The highest BCUT2D eigenvalue weighted by Crippen LogP contribution is 2.51. The molecule has 0 atom stereocenters. The molecule has 2 bridgehead atoms. The van der Waals surface area contributed by atoms with Gasteiger partial charge in [-0.15, -0.1) is 12.6 Å². The molecule has 2 aromatic rings. The molecule has 0 spiro atoms. The zero-order chi connectivity index (χ0) is 10.1. The summed E-state index contributed by atoms with van der Waals surface area (Å²) in [7, 11) is -3.86. The first kappa shape index (κ1) is 7.96. The molecule has 0 aliphatic carbocycles. The van der Waals surface area contributed by atoms with Gasteiger partial charge in [0.15, 0.2) is 16.1 Å². The maximum atomic E-state index is 11.4. The molecule has 0 aromatic carbocycles. The van der Waals surface area contributed by atoms with Crippen molar-refractivity contribution in [2.75, 3.05) is 0 Å². The number of nitriles is 1. The predicted octanol–water partition coefficient (Wildman–Crippen LogP) is 1.11. The van der Waals surface area contributed by atoms with Crippen LogP contribution in [0, 0.1) is 11.3 Å². The molecule has 0 saturated heterocycles. The van der Waals surface area contributed by atoms with E-state index in [9.17, 15) is 8.42 Å². The van der Waals surface area contributed by atoms with E-state index >= 15 is 0 Å². The van der Waals surface area contributed by atoms with Crippen LogP contribution in [-0.2, 0) is 10.1 Å². The van der Waals surface area contributed by atoms with E-state index in [1.54, 1.807) is 6.07 Å². The maximum absolute atomic E-state index is 11.4. The first-order valence-corrected chi connectivity index (χ1v) is 5.37. The molecule has 1 aliphatic heterocycles. The molecule has 3 rings (SSSR count). The Morgan fingerprint density at radius 2 is 2.07 bits per heavy atom. The molecule has 0 unspecified atom stereocenters. The lowest BCUT2D eigenvalue weighted by Gasteiger charge is -1.91. The van der Waals surface area contributed by atoms with Gasteiger partial charge in [0.1, 0.15) is 11.6 Å². The second kappa shape index (κ2) is 1.99. The second-order valence-electron chi connectivity index (χ2n) is 2.79. The SMILES string of the molecule is N#Cc1c2c3oc1c(S)c3OS2(=O)=O. The predicted molar refractivity (Wildman–Crippen MR) is 47.2 cm³/mol. The minimum atomic E-state index is -3.86. The molecule has 0 radical (unpaired) electrons. The summed E-state index contributed by atoms with van der Waals surface area (Å²) in [5.41, 5.74) is 0.254. The number of hydrogen-bond donors (Lipinski definition) is 1. The van der Waals surface area contributed by atoms with Crippen molar-refractivity contribution < 1.29 is 17.0 Å². The van der Waals surface area contributed by atoms with Crippen LogP contribution in [0.2, 0.25) is 0 Å². The summed E-state index contributed by atoms with van der Waals surface area (Å²) in [6, 6.07) is 1.76. The third-order valence-electron chi connectivity index (χ3n) is 2.06. The molecule has 0 saturated carbocycles. The largest absolute Gasteiger partial charge is 0.449 e. The average Bonchev–Trinajstić information content (AvgIpc) is 2.67.